The number of aromatic nitrogens is 2. The summed E-state index contributed by atoms with van der Waals surface area (Å²) in [7, 11) is 1.99. The highest BCUT2D eigenvalue weighted by molar-refractivity contribution is 6.30. The summed E-state index contributed by atoms with van der Waals surface area (Å²) in [6.07, 6.45) is 2.97. The summed E-state index contributed by atoms with van der Waals surface area (Å²) in [4.78, 5) is 4.39. The molecule has 0 unspecified atom stereocenters. The zero-order valence-electron chi connectivity index (χ0n) is 10.1. The minimum atomic E-state index is 0.779. The molecular formula is C13H16ClN3. The van der Waals surface area contributed by atoms with Gasteiger partial charge in [-0.3, -0.25) is 0 Å². The fraction of sp³-hybridized carbons (Fsp3) is 0.308. The van der Waals surface area contributed by atoms with E-state index in [-0.39, 0.29) is 0 Å². The third-order valence-electron chi connectivity index (χ3n) is 2.61. The van der Waals surface area contributed by atoms with Crippen molar-refractivity contribution < 1.29 is 0 Å². The Bertz CT molecular complexity index is 488. The second kappa shape index (κ2) is 5.23. The molecule has 2 rings (SSSR count). The highest BCUT2D eigenvalue weighted by atomic mass is 35.5. The number of hydrogen-bond donors (Lipinski definition) is 1. The molecule has 0 aliphatic carbocycles. The topological polar surface area (TPSA) is 29.9 Å². The van der Waals surface area contributed by atoms with Crippen molar-refractivity contribution in [1.82, 2.24) is 9.55 Å². The summed E-state index contributed by atoms with van der Waals surface area (Å²) < 4.78 is 2.00. The van der Waals surface area contributed by atoms with Crippen LogP contribution in [-0.4, -0.2) is 16.1 Å². The van der Waals surface area contributed by atoms with Crippen LogP contribution in [0.1, 0.15) is 11.3 Å². The van der Waals surface area contributed by atoms with E-state index < -0.39 is 0 Å². The summed E-state index contributed by atoms with van der Waals surface area (Å²) in [5, 5.41) is 4.09. The smallest absolute Gasteiger partial charge is 0.202 e. The quantitative estimate of drug-likeness (QED) is 0.903. The number of nitrogens with zero attached hydrogens (tertiary/aromatic N) is 2. The maximum atomic E-state index is 5.84. The van der Waals surface area contributed by atoms with Crippen LogP contribution in [0.5, 0.6) is 0 Å². The fourth-order valence-corrected chi connectivity index (χ4v) is 1.88. The molecule has 0 atom stereocenters. The summed E-state index contributed by atoms with van der Waals surface area (Å²) in [5.74, 6) is 0.913. The molecule has 17 heavy (non-hydrogen) atoms. The molecule has 0 spiro atoms. The molecule has 1 aromatic carbocycles. The minimum Gasteiger partial charge on any atom is -0.355 e. The highest BCUT2D eigenvalue weighted by Gasteiger charge is 2.00. The van der Waals surface area contributed by atoms with E-state index in [4.69, 9.17) is 11.6 Å². The molecule has 1 heterocycles. The fourth-order valence-electron chi connectivity index (χ4n) is 1.75. The molecule has 2 aromatic rings. The van der Waals surface area contributed by atoms with Gasteiger partial charge in [0.25, 0.3) is 0 Å². The van der Waals surface area contributed by atoms with Crippen molar-refractivity contribution in [3.05, 3.63) is 46.7 Å². The lowest BCUT2D eigenvalue weighted by Crippen LogP contribution is -2.08. The number of hydrogen-bond acceptors (Lipinski definition) is 2. The largest absolute Gasteiger partial charge is 0.355 e. The SMILES string of the molecule is Cc1cn(C)c(NCCc2ccc(Cl)cc2)n1. The summed E-state index contributed by atoms with van der Waals surface area (Å²) >= 11 is 5.84. The van der Waals surface area contributed by atoms with Crippen LogP contribution in [0, 0.1) is 6.92 Å². The number of anilines is 1. The van der Waals surface area contributed by atoms with Crippen molar-refractivity contribution in [2.24, 2.45) is 7.05 Å². The predicted molar refractivity (Wildman–Crippen MR) is 71.6 cm³/mol. The predicted octanol–water partition coefficient (Wildman–Crippen LogP) is 3.04. The molecule has 0 saturated heterocycles. The van der Waals surface area contributed by atoms with Crippen LogP contribution in [0.4, 0.5) is 5.95 Å². The zero-order valence-corrected chi connectivity index (χ0v) is 10.8. The van der Waals surface area contributed by atoms with E-state index in [0.717, 1.165) is 29.6 Å². The first kappa shape index (κ1) is 12.0. The van der Waals surface area contributed by atoms with Gasteiger partial charge in [-0.1, -0.05) is 23.7 Å². The van der Waals surface area contributed by atoms with Gasteiger partial charge in [-0.15, -0.1) is 0 Å². The number of imidazole rings is 1. The van der Waals surface area contributed by atoms with E-state index in [1.807, 2.05) is 49.0 Å². The molecule has 0 radical (unpaired) electrons. The zero-order chi connectivity index (χ0) is 12.3. The maximum Gasteiger partial charge on any atom is 0.202 e. The van der Waals surface area contributed by atoms with Gasteiger partial charge in [0.05, 0.1) is 5.69 Å². The molecule has 0 bridgehead atoms. The lowest BCUT2D eigenvalue weighted by Gasteiger charge is -2.05. The number of rotatable bonds is 4. The molecular weight excluding hydrogens is 234 g/mol. The molecule has 0 fully saturated rings. The lowest BCUT2D eigenvalue weighted by atomic mass is 10.1. The van der Waals surface area contributed by atoms with Crippen molar-refractivity contribution >= 4 is 17.5 Å². The molecule has 3 nitrogen and oxygen atoms in total. The Labute approximate surface area is 106 Å². The van der Waals surface area contributed by atoms with Crippen LogP contribution in [0.25, 0.3) is 0 Å². The van der Waals surface area contributed by atoms with Crippen LogP contribution >= 0.6 is 11.6 Å². The molecule has 0 saturated carbocycles. The van der Waals surface area contributed by atoms with Gasteiger partial charge >= 0.3 is 0 Å². The van der Waals surface area contributed by atoms with Crippen molar-refractivity contribution in [3.8, 4) is 0 Å². The Balaban J connectivity index is 1.87. The molecule has 0 aliphatic heterocycles. The van der Waals surface area contributed by atoms with Crippen molar-refractivity contribution in [2.75, 3.05) is 11.9 Å². The average Bonchev–Trinajstić information content (AvgIpc) is 2.60. The molecule has 1 N–H and O–H groups in total. The van der Waals surface area contributed by atoms with Gasteiger partial charge in [0.2, 0.25) is 5.95 Å². The Hall–Kier alpha value is -1.48. The van der Waals surface area contributed by atoms with Gasteiger partial charge in [0.15, 0.2) is 0 Å². The van der Waals surface area contributed by atoms with Crippen LogP contribution in [-0.2, 0) is 13.5 Å². The van der Waals surface area contributed by atoms with E-state index in [9.17, 15) is 0 Å². The van der Waals surface area contributed by atoms with Crippen LogP contribution in [0.2, 0.25) is 5.02 Å². The third kappa shape index (κ3) is 3.24. The van der Waals surface area contributed by atoms with Crippen molar-refractivity contribution in [2.45, 2.75) is 13.3 Å². The highest BCUT2D eigenvalue weighted by Crippen LogP contribution is 2.10. The average molecular weight is 250 g/mol. The van der Waals surface area contributed by atoms with Crippen LogP contribution in [0.3, 0.4) is 0 Å². The van der Waals surface area contributed by atoms with Crippen LogP contribution in [0.15, 0.2) is 30.5 Å². The lowest BCUT2D eigenvalue weighted by molar-refractivity contribution is 0.889. The minimum absolute atomic E-state index is 0.779. The molecule has 0 amide bonds. The third-order valence-corrected chi connectivity index (χ3v) is 2.86. The van der Waals surface area contributed by atoms with Gasteiger partial charge in [0, 0.05) is 24.8 Å². The Morgan fingerprint density at radius 2 is 2.00 bits per heavy atom. The van der Waals surface area contributed by atoms with Gasteiger partial charge in [0.1, 0.15) is 0 Å². The number of benzene rings is 1. The van der Waals surface area contributed by atoms with Gasteiger partial charge in [-0.2, -0.15) is 0 Å². The Kier molecular flexibility index (Phi) is 3.69. The first-order chi connectivity index (χ1) is 8.15. The molecule has 1 aromatic heterocycles. The van der Waals surface area contributed by atoms with Crippen LogP contribution < -0.4 is 5.32 Å². The van der Waals surface area contributed by atoms with Gasteiger partial charge in [-0.05, 0) is 31.0 Å². The van der Waals surface area contributed by atoms with Crippen molar-refractivity contribution in [3.63, 3.8) is 0 Å². The van der Waals surface area contributed by atoms with Gasteiger partial charge < -0.3 is 9.88 Å². The first-order valence-corrected chi connectivity index (χ1v) is 6.01. The summed E-state index contributed by atoms with van der Waals surface area (Å²) in [6, 6.07) is 7.94. The second-order valence-electron chi connectivity index (χ2n) is 4.12. The maximum absolute atomic E-state index is 5.84. The summed E-state index contributed by atoms with van der Waals surface area (Å²) in [5.41, 5.74) is 2.30. The standard InChI is InChI=1S/C13H16ClN3/c1-10-9-17(2)13(16-10)15-8-7-11-3-5-12(14)6-4-11/h3-6,9H,7-8H2,1-2H3,(H,15,16). The summed E-state index contributed by atoms with van der Waals surface area (Å²) in [6.45, 7) is 2.86. The van der Waals surface area contributed by atoms with E-state index in [2.05, 4.69) is 10.3 Å². The Morgan fingerprint density at radius 1 is 1.29 bits per heavy atom. The first-order valence-electron chi connectivity index (χ1n) is 5.63. The normalized spacial score (nSPS) is 10.5. The number of aryl methyl sites for hydroxylation is 2. The molecule has 90 valence electrons. The number of nitrogens with one attached hydrogen (secondary N) is 1. The Morgan fingerprint density at radius 3 is 2.59 bits per heavy atom. The second-order valence-corrected chi connectivity index (χ2v) is 4.56. The monoisotopic (exact) mass is 249 g/mol. The van der Waals surface area contributed by atoms with E-state index in [1.54, 1.807) is 0 Å². The van der Waals surface area contributed by atoms with Crippen molar-refractivity contribution in [1.29, 1.82) is 0 Å². The van der Waals surface area contributed by atoms with Gasteiger partial charge in [-0.25, -0.2) is 4.98 Å². The molecule has 4 heteroatoms. The van der Waals surface area contributed by atoms with E-state index in [1.165, 1.54) is 5.56 Å². The number of halogens is 1. The molecule has 0 aliphatic rings. The van der Waals surface area contributed by atoms with E-state index in [0.29, 0.717) is 0 Å². The van der Waals surface area contributed by atoms with E-state index >= 15 is 0 Å².